The van der Waals surface area contributed by atoms with Crippen LogP contribution >= 0.6 is 0 Å². The number of ether oxygens (including phenoxy) is 1. The summed E-state index contributed by atoms with van der Waals surface area (Å²) in [5.41, 5.74) is 6.12. The van der Waals surface area contributed by atoms with Crippen molar-refractivity contribution in [2.45, 2.75) is 44.2 Å². The number of rotatable bonds is 4. The molecule has 2 nitrogen and oxygen atoms in total. The Labute approximate surface area is 81.1 Å². The van der Waals surface area contributed by atoms with Crippen molar-refractivity contribution in [3.63, 3.8) is 0 Å². The minimum absolute atomic E-state index is 0.0306. The summed E-state index contributed by atoms with van der Waals surface area (Å²) in [5.74, 6) is 0.636. The van der Waals surface area contributed by atoms with Crippen LogP contribution in [0.3, 0.4) is 0 Å². The zero-order valence-electron chi connectivity index (χ0n) is 8.54. The molecule has 13 heavy (non-hydrogen) atoms. The van der Waals surface area contributed by atoms with Crippen LogP contribution in [0.1, 0.15) is 32.1 Å². The molecule has 76 valence electrons. The van der Waals surface area contributed by atoms with Crippen LogP contribution < -0.4 is 5.73 Å². The molecule has 0 spiro atoms. The van der Waals surface area contributed by atoms with Crippen molar-refractivity contribution >= 4 is 0 Å². The minimum Gasteiger partial charge on any atom is -0.376 e. The first-order valence-electron chi connectivity index (χ1n) is 5.20. The highest BCUT2D eigenvalue weighted by molar-refractivity contribution is 4.92. The van der Waals surface area contributed by atoms with Crippen molar-refractivity contribution in [1.29, 1.82) is 0 Å². The molecular formula is C11H21NO. The van der Waals surface area contributed by atoms with E-state index in [0.29, 0.717) is 5.92 Å². The van der Waals surface area contributed by atoms with Gasteiger partial charge in [-0.15, -0.1) is 6.58 Å². The molecule has 0 saturated heterocycles. The lowest BCUT2D eigenvalue weighted by atomic mass is 9.82. The monoisotopic (exact) mass is 183 g/mol. The molecule has 2 atom stereocenters. The van der Waals surface area contributed by atoms with E-state index in [1.807, 2.05) is 6.08 Å². The first-order chi connectivity index (χ1) is 6.29. The van der Waals surface area contributed by atoms with Gasteiger partial charge in [0.05, 0.1) is 6.10 Å². The lowest BCUT2D eigenvalue weighted by Crippen LogP contribution is -2.42. The SMILES string of the molecule is C=C[C@@H](OC)[C@H](N)C1CCCCC1. The van der Waals surface area contributed by atoms with E-state index in [9.17, 15) is 0 Å². The van der Waals surface area contributed by atoms with Gasteiger partial charge in [0.2, 0.25) is 0 Å². The Hall–Kier alpha value is -0.340. The van der Waals surface area contributed by atoms with Gasteiger partial charge >= 0.3 is 0 Å². The minimum atomic E-state index is 0.0306. The van der Waals surface area contributed by atoms with Crippen LogP contribution in [0.15, 0.2) is 12.7 Å². The Morgan fingerprint density at radius 2 is 2.00 bits per heavy atom. The van der Waals surface area contributed by atoms with Crippen LogP contribution in [0.2, 0.25) is 0 Å². The van der Waals surface area contributed by atoms with Gasteiger partial charge in [-0.1, -0.05) is 25.3 Å². The summed E-state index contributed by atoms with van der Waals surface area (Å²) >= 11 is 0. The van der Waals surface area contributed by atoms with Gasteiger partial charge in [0.15, 0.2) is 0 Å². The molecule has 2 heteroatoms. The lowest BCUT2D eigenvalue weighted by molar-refractivity contribution is 0.0885. The van der Waals surface area contributed by atoms with Crippen molar-refractivity contribution in [3.8, 4) is 0 Å². The van der Waals surface area contributed by atoms with Gasteiger partial charge in [-0.3, -0.25) is 0 Å². The summed E-state index contributed by atoms with van der Waals surface area (Å²) in [6.45, 7) is 3.74. The average molecular weight is 183 g/mol. The Morgan fingerprint density at radius 1 is 1.38 bits per heavy atom. The summed E-state index contributed by atoms with van der Waals surface area (Å²) in [4.78, 5) is 0. The molecular weight excluding hydrogens is 162 g/mol. The third-order valence-electron chi connectivity index (χ3n) is 3.08. The Kier molecular flexibility index (Phi) is 4.46. The number of hydrogen-bond donors (Lipinski definition) is 1. The van der Waals surface area contributed by atoms with Gasteiger partial charge in [0.1, 0.15) is 0 Å². The average Bonchev–Trinajstić information content (AvgIpc) is 2.21. The van der Waals surface area contributed by atoms with E-state index in [2.05, 4.69) is 6.58 Å². The van der Waals surface area contributed by atoms with E-state index in [4.69, 9.17) is 10.5 Å². The molecule has 0 aromatic carbocycles. The maximum atomic E-state index is 6.12. The standard InChI is InChI=1S/C11H21NO/c1-3-10(13-2)11(12)9-7-5-4-6-8-9/h3,9-11H,1,4-8,12H2,2H3/t10-,11-/m1/s1. The largest absolute Gasteiger partial charge is 0.376 e. The summed E-state index contributed by atoms with van der Waals surface area (Å²) in [5, 5.41) is 0. The second kappa shape index (κ2) is 5.40. The molecule has 0 amide bonds. The normalized spacial score (nSPS) is 23.8. The van der Waals surface area contributed by atoms with Gasteiger partial charge in [-0.05, 0) is 18.8 Å². The zero-order valence-corrected chi connectivity index (χ0v) is 8.54. The molecule has 1 fully saturated rings. The van der Waals surface area contributed by atoms with Crippen molar-refractivity contribution in [2.24, 2.45) is 11.7 Å². The van der Waals surface area contributed by atoms with E-state index in [1.54, 1.807) is 7.11 Å². The van der Waals surface area contributed by atoms with Crippen molar-refractivity contribution in [1.82, 2.24) is 0 Å². The fraction of sp³-hybridized carbons (Fsp3) is 0.818. The van der Waals surface area contributed by atoms with Gasteiger partial charge in [0.25, 0.3) is 0 Å². The lowest BCUT2D eigenvalue weighted by Gasteiger charge is -2.30. The smallest absolute Gasteiger partial charge is 0.0902 e. The van der Waals surface area contributed by atoms with Crippen molar-refractivity contribution < 1.29 is 4.74 Å². The highest BCUT2D eigenvalue weighted by Crippen LogP contribution is 2.27. The summed E-state index contributed by atoms with van der Waals surface area (Å²) in [6, 6.07) is 0.141. The highest BCUT2D eigenvalue weighted by atomic mass is 16.5. The molecule has 1 rings (SSSR count). The third-order valence-corrected chi connectivity index (χ3v) is 3.08. The predicted octanol–water partition coefficient (Wildman–Crippen LogP) is 2.09. The van der Waals surface area contributed by atoms with Gasteiger partial charge in [0, 0.05) is 13.2 Å². The maximum Gasteiger partial charge on any atom is 0.0902 e. The first-order valence-corrected chi connectivity index (χ1v) is 5.20. The fourth-order valence-corrected chi connectivity index (χ4v) is 2.20. The van der Waals surface area contributed by atoms with Crippen LogP contribution in [0.25, 0.3) is 0 Å². The van der Waals surface area contributed by atoms with E-state index < -0.39 is 0 Å². The number of methoxy groups -OCH3 is 1. The van der Waals surface area contributed by atoms with Crippen LogP contribution in [-0.4, -0.2) is 19.3 Å². The molecule has 0 radical (unpaired) electrons. The van der Waals surface area contributed by atoms with Gasteiger partial charge in [-0.25, -0.2) is 0 Å². The quantitative estimate of drug-likeness (QED) is 0.677. The molecule has 1 aliphatic carbocycles. The molecule has 0 aromatic rings. The Bertz CT molecular complexity index is 152. The number of nitrogens with two attached hydrogens (primary N) is 1. The molecule has 0 unspecified atom stereocenters. The first kappa shape index (κ1) is 10.7. The predicted molar refractivity (Wildman–Crippen MR) is 55.5 cm³/mol. The second-order valence-corrected chi connectivity index (χ2v) is 3.91. The topological polar surface area (TPSA) is 35.2 Å². The molecule has 0 aliphatic heterocycles. The van der Waals surface area contributed by atoms with E-state index in [0.717, 1.165) is 0 Å². The maximum absolute atomic E-state index is 6.12. The second-order valence-electron chi connectivity index (χ2n) is 3.91. The van der Waals surface area contributed by atoms with E-state index >= 15 is 0 Å². The van der Waals surface area contributed by atoms with Crippen LogP contribution in [-0.2, 0) is 4.74 Å². The molecule has 0 bridgehead atoms. The fourth-order valence-electron chi connectivity index (χ4n) is 2.20. The summed E-state index contributed by atoms with van der Waals surface area (Å²) in [6.07, 6.45) is 8.39. The molecule has 1 saturated carbocycles. The van der Waals surface area contributed by atoms with Crippen LogP contribution in [0.4, 0.5) is 0 Å². The zero-order chi connectivity index (χ0) is 9.68. The highest BCUT2D eigenvalue weighted by Gasteiger charge is 2.25. The van der Waals surface area contributed by atoms with E-state index in [1.165, 1.54) is 32.1 Å². The molecule has 2 N–H and O–H groups in total. The van der Waals surface area contributed by atoms with Crippen LogP contribution in [0.5, 0.6) is 0 Å². The van der Waals surface area contributed by atoms with Gasteiger partial charge < -0.3 is 10.5 Å². The molecule has 0 aromatic heterocycles. The van der Waals surface area contributed by atoms with Gasteiger partial charge in [-0.2, -0.15) is 0 Å². The van der Waals surface area contributed by atoms with Crippen molar-refractivity contribution in [3.05, 3.63) is 12.7 Å². The third kappa shape index (κ3) is 2.82. The molecule has 1 aliphatic rings. The summed E-state index contributed by atoms with van der Waals surface area (Å²) < 4.78 is 5.27. The summed E-state index contributed by atoms with van der Waals surface area (Å²) in [7, 11) is 1.70. The molecule has 0 heterocycles. The Morgan fingerprint density at radius 3 is 2.46 bits per heavy atom. The van der Waals surface area contributed by atoms with E-state index in [-0.39, 0.29) is 12.1 Å². The van der Waals surface area contributed by atoms with Crippen LogP contribution in [0, 0.1) is 5.92 Å². The number of hydrogen-bond acceptors (Lipinski definition) is 2. The van der Waals surface area contributed by atoms with Crippen molar-refractivity contribution in [2.75, 3.05) is 7.11 Å². The Balaban J connectivity index is 2.43.